The van der Waals surface area contributed by atoms with Crippen molar-refractivity contribution in [2.45, 2.75) is 38.8 Å². The fraction of sp³-hybridized carbons (Fsp3) is 0.765. The Labute approximate surface area is 168 Å². The molecule has 0 spiro atoms. The van der Waals surface area contributed by atoms with Gasteiger partial charge in [-0.3, -0.25) is 9.48 Å². The van der Waals surface area contributed by atoms with Crippen LogP contribution in [0.2, 0.25) is 0 Å². The van der Waals surface area contributed by atoms with Gasteiger partial charge in [0.15, 0.2) is 0 Å². The molecule has 7 nitrogen and oxygen atoms in total. The molecule has 2 aliphatic rings. The molecule has 2 N–H and O–H groups in total. The lowest BCUT2D eigenvalue weighted by atomic mass is 9.54. The summed E-state index contributed by atoms with van der Waals surface area (Å²) in [5.41, 5.74) is 6.48. The number of ether oxygens (including phenoxy) is 1. The van der Waals surface area contributed by atoms with E-state index in [9.17, 15) is 4.79 Å². The molecule has 0 radical (unpaired) electrons. The average molecular weight is 408 g/mol. The van der Waals surface area contributed by atoms with Gasteiger partial charge in [0.2, 0.25) is 5.91 Å². The van der Waals surface area contributed by atoms with E-state index in [-0.39, 0.29) is 42.2 Å². The molecule has 1 saturated carbocycles. The van der Waals surface area contributed by atoms with Gasteiger partial charge < -0.3 is 20.3 Å². The van der Waals surface area contributed by atoms with Crippen molar-refractivity contribution in [1.82, 2.24) is 14.7 Å². The zero-order valence-corrected chi connectivity index (χ0v) is 17.6. The Kier molecular flexibility index (Phi) is 7.38. The van der Waals surface area contributed by atoms with Gasteiger partial charge in [0.05, 0.1) is 18.0 Å². The van der Waals surface area contributed by atoms with Crippen molar-refractivity contribution in [3.63, 3.8) is 0 Å². The summed E-state index contributed by atoms with van der Waals surface area (Å²) in [6, 6.07) is 0. The minimum absolute atomic E-state index is 0. The predicted molar refractivity (Wildman–Crippen MR) is 107 cm³/mol. The Morgan fingerprint density at radius 3 is 2.38 bits per heavy atom. The monoisotopic (exact) mass is 407 g/mol. The van der Waals surface area contributed by atoms with Crippen LogP contribution in [-0.4, -0.2) is 65.0 Å². The molecule has 2 unspecified atom stereocenters. The second kappa shape index (κ2) is 8.33. The summed E-state index contributed by atoms with van der Waals surface area (Å²) >= 11 is 0. The molecular formula is C17H31Cl2N5O2. The molecule has 0 bridgehead atoms. The number of halogens is 2. The van der Waals surface area contributed by atoms with Crippen LogP contribution in [-0.2, 0) is 16.6 Å². The van der Waals surface area contributed by atoms with Gasteiger partial charge in [-0.1, -0.05) is 13.8 Å². The smallest absolute Gasteiger partial charge is 0.243 e. The predicted octanol–water partition coefficient (Wildman–Crippen LogP) is 1.44. The van der Waals surface area contributed by atoms with Crippen LogP contribution in [0.4, 0.5) is 5.69 Å². The maximum Gasteiger partial charge on any atom is 0.243 e. The largest absolute Gasteiger partial charge is 0.378 e. The lowest BCUT2D eigenvalue weighted by Gasteiger charge is -2.59. The van der Waals surface area contributed by atoms with E-state index in [4.69, 9.17) is 10.5 Å². The number of anilines is 1. The number of nitrogens with two attached hydrogens (primary N) is 1. The Morgan fingerprint density at radius 1 is 1.31 bits per heavy atom. The summed E-state index contributed by atoms with van der Waals surface area (Å²) in [5, 5.41) is 4.21. The van der Waals surface area contributed by atoms with Crippen LogP contribution in [0.1, 0.15) is 27.2 Å². The van der Waals surface area contributed by atoms with Gasteiger partial charge in [-0.15, -0.1) is 24.8 Å². The molecule has 0 aromatic carbocycles. The molecule has 2 heterocycles. The lowest BCUT2D eigenvalue weighted by molar-refractivity contribution is -0.179. The van der Waals surface area contributed by atoms with E-state index >= 15 is 0 Å². The van der Waals surface area contributed by atoms with Gasteiger partial charge in [-0.05, 0) is 6.92 Å². The van der Waals surface area contributed by atoms with E-state index in [0.29, 0.717) is 26.1 Å². The molecule has 26 heavy (non-hydrogen) atoms. The highest BCUT2D eigenvalue weighted by Crippen LogP contribution is 2.50. The fourth-order valence-electron chi connectivity index (χ4n) is 3.82. The molecule has 2 atom stereocenters. The summed E-state index contributed by atoms with van der Waals surface area (Å²) < 4.78 is 7.53. The first kappa shape index (κ1) is 23.0. The van der Waals surface area contributed by atoms with Gasteiger partial charge >= 0.3 is 0 Å². The SMILES string of the molecule is CCOC1CC(N)(C(=O)N2CCN(c3cnn(C)c3)CC2)C1(C)C.Cl.Cl. The number of aromatic nitrogens is 2. The first-order valence-electron chi connectivity index (χ1n) is 8.73. The molecule has 1 aliphatic heterocycles. The third kappa shape index (κ3) is 3.67. The van der Waals surface area contributed by atoms with Crippen molar-refractivity contribution in [3.05, 3.63) is 12.4 Å². The van der Waals surface area contributed by atoms with Crippen molar-refractivity contribution >= 4 is 36.4 Å². The fourth-order valence-corrected chi connectivity index (χ4v) is 3.82. The number of aryl methyl sites for hydroxylation is 1. The molecule has 150 valence electrons. The molecule has 1 saturated heterocycles. The average Bonchev–Trinajstić information content (AvgIpc) is 3.00. The van der Waals surface area contributed by atoms with Crippen LogP contribution < -0.4 is 10.6 Å². The maximum absolute atomic E-state index is 13.0. The number of amides is 1. The number of hydrogen-bond donors (Lipinski definition) is 1. The lowest BCUT2D eigenvalue weighted by Crippen LogP contribution is -2.76. The summed E-state index contributed by atoms with van der Waals surface area (Å²) in [6.07, 6.45) is 4.54. The zero-order chi connectivity index (χ0) is 17.5. The quantitative estimate of drug-likeness (QED) is 0.816. The maximum atomic E-state index is 13.0. The number of hydrogen-bond acceptors (Lipinski definition) is 5. The first-order chi connectivity index (χ1) is 11.3. The molecule has 9 heteroatoms. The summed E-state index contributed by atoms with van der Waals surface area (Å²) in [5.74, 6) is 0.0642. The van der Waals surface area contributed by atoms with Crippen LogP contribution in [0.3, 0.4) is 0 Å². The van der Waals surface area contributed by atoms with Gasteiger partial charge in [-0.25, -0.2) is 0 Å². The van der Waals surface area contributed by atoms with E-state index in [1.807, 2.05) is 45.1 Å². The Balaban J connectivity index is 0.00000169. The van der Waals surface area contributed by atoms with E-state index in [2.05, 4.69) is 10.00 Å². The van der Waals surface area contributed by atoms with Crippen LogP contribution in [0.15, 0.2) is 12.4 Å². The van der Waals surface area contributed by atoms with Gasteiger partial charge in [0.25, 0.3) is 0 Å². The van der Waals surface area contributed by atoms with Crippen LogP contribution in [0.25, 0.3) is 0 Å². The Morgan fingerprint density at radius 2 is 1.92 bits per heavy atom. The van der Waals surface area contributed by atoms with E-state index in [1.54, 1.807) is 4.68 Å². The minimum Gasteiger partial charge on any atom is -0.378 e. The summed E-state index contributed by atoms with van der Waals surface area (Å²) in [6.45, 7) is 9.73. The number of piperazine rings is 1. The number of carbonyl (C=O) groups is 1. The summed E-state index contributed by atoms with van der Waals surface area (Å²) in [4.78, 5) is 17.2. The topological polar surface area (TPSA) is 76.6 Å². The van der Waals surface area contributed by atoms with Crippen molar-refractivity contribution in [2.75, 3.05) is 37.7 Å². The number of rotatable bonds is 4. The third-order valence-electron chi connectivity index (χ3n) is 5.83. The van der Waals surface area contributed by atoms with Crippen LogP contribution in [0.5, 0.6) is 0 Å². The summed E-state index contributed by atoms with van der Waals surface area (Å²) in [7, 11) is 1.91. The molecule has 3 rings (SSSR count). The Hall–Kier alpha value is -1.02. The normalized spacial score (nSPS) is 27.2. The van der Waals surface area contributed by atoms with Crippen molar-refractivity contribution < 1.29 is 9.53 Å². The highest BCUT2D eigenvalue weighted by Gasteiger charge is 2.63. The second-order valence-electron chi connectivity index (χ2n) is 7.49. The van der Waals surface area contributed by atoms with Gasteiger partial charge in [0.1, 0.15) is 5.54 Å². The van der Waals surface area contributed by atoms with Crippen molar-refractivity contribution in [2.24, 2.45) is 18.2 Å². The van der Waals surface area contributed by atoms with E-state index in [1.165, 1.54) is 0 Å². The third-order valence-corrected chi connectivity index (χ3v) is 5.83. The van der Waals surface area contributed by atoms with Crippen LogP contribution >= 0.6 is 24.8 Å². The first-order valence-corrected chi connectivity index (χ1v) is 8.73. The molecular weight excluding hydrogens is 377 g/mol. The minimum atomic E-state index is -0.816. The van der Waals surface area contributed by atoms with Crippen molar-refractivity contribution in [3.8, 4) is 0 Å². The zero-order valence-electron chi connectivity index (χ0n) is 16.0. The molecule has 2 fully saturated rings. The number of nitrogens with zero attached hydrogens (tertiary/aromatic N) is 4. The van der Waals surface area contributed by atoms with E-state index < -0.39 is 5.54 Å². The standard InChI is InChI=1S/C17H29N5O2.2ClH/c1-5-24-14-10-17(18,16(14,2)3)15(23)22-8-6-21(7-9-22)13-11-19-20(4)12-13;;/h11-12,14H,5-10,18H2,1-4H3;2*1H. The van der Waals surface area contributed by atoms with Gasteiger partial charge in [-0.2, -0.15) is 5.10 Å². The molecule has 1 amide bonds. The van der Waals surface area contributed by atoms with Crippen LogP contribution in [0, 0.1) is 5.41 Å². The highest BCUT2D eigenvalue weighted by atomic mass is 35.5. The molecule has 1 aromatic rings. The second-order valence-corrected chi connectivity index (χ2v) is 7.49. The molecule has 1 aliphatic carbocycles. The van der Waals surface area contributed by atoms with E-state index in [0.717, 1.165) is 18.8 Å². The van der Waals surface area contributed by atoms with Crippen molar-refractivity contribution in [1.29, 1.82) is 0 Å². The number of carbonyl (C=O) groups excluding carboxylic acids is 1. The molecule has 1 aromatic heterocycles. The Bertz CT molecular complexity index is 616. The highest BCUT2D eigenvalue weighted by molar-refractivity contribution is 5.89. The van der Waals surface area contributed by atoms with Gasteiger partial charge in [0, 0.05) is 57.9 Å².